The van der Waals surface area contributed by atoms with Gasteiger partial charge in [0.15, 0.2) is 0 Å². The number of aryl methyl sites for hydroxylation is 1. The molecular weight excluding hydrogens is 402 g/mol. The lowest BCUT2D eigenvalue weighted by Gasteiger charge is -2.08. The van der Waals surface area contributed by atoms with Crippen molar-refractivity contribution in [2.24, 2.45) is 0 Å². The molecule has 0 atom stereocenters. The predicted molar refractivity (Wildman–Crippen MR) is 138 cm³/mol. The van der Waals surface area contributed by atoms with Crippen LogP contribution in [0.5, 0.6) is 0 Å². The van der Waals surface area contributed by atoms with E-state index in [1.807, 2.05) is 0 Å². The highest BCUT2D eigenvalue weighted by Crippen LogP contribution is 2.37. The van der Waals surface area contributed by atoms with Gasteiger partial charge >= 0.3 is 0 Å². The molecule has 3 nitrogen and oxygen atoms in total. The first-order valence-corrected chi connectivity index (χ1v) is 11.3. The van der Waals surface area contributed by atoms with Gasteiger partial charge in [-0.25, -0.2) is 4.98 Å². The van der Waals surface area contributed by atoms with Crippen molar-refractivity contribution in [3.05, 3.63) is 115 Å². The van der Waals surface area contributed by atoms with Crippen molar-refractivity contribution in [2.45, 2.75) is 6.92 Å². The minimum absolute atomic E-state index is 0.989. The van der Waals surface area contributed by atoms with E-state index in [1.165, 1.54) is 32.8 Å². The quantitative estimate of drug-likeness (QED) is 0.281. The molecule has 0 spiro atoms. The first kappa shape index (κ1) is 18.2. The van der Waals surface area contributed by atoms with Crippen molar-refractivity contribution in [1.82, 2.24) is 14.1 Å². The third-order valence-corrected chi connectivity index (χ3v) is 6.58. The molecule has 33 heavy (non-hydrogen) atoms. The molecule has 7 aromatic rings. The van der Waals surface area contributed by atoms with Gasteiger partial charge in [-0.15, -0.1) is 0 Å². The minimum Gasteiger partial charge on any atom is -0.308 e. The summed E-state index contributed by atoms with van der Waals surface area (Å²) in [7, 11) is 0. The van der Waals surface area contributed by atoms with Gasteiger partial charge in [0.25, 0.3) is 0 Å². The van der Waals surface area contributed by atoms with Crippen LogP contribution in [0.25, 0.3) is 55.2 Å². The lowest BCUT2D eigenvalue weighted by atomic mass is 10.2. The molecule has 0 radical (unpaired) electrons. The summed E-state index contributed by atoms with van der Waals surface area (Å²) in [6.07, 6.45) is 0. The van der Waals surface area contributed by atoms with E-state index >= 15 is 0 Å². The molecule has 0 N–H and O–H groups in total. The van der Waals surface area contributed by atoms with Crippen LogP contribution >= 0.6 is 0 Å². The zero-order valence-electron chi connectivity index (χ0n) is 18.2. The summed E-state index contributed by atoms with van der Waals surface area (Å²) >= 11 is 0. The third-order valence-electron chi connectivity index (χ3n) is 6.58. The number of hydrogen-bond acceptors (Lipinski definition) is 1. The van der Waals surface area contributed by atoms with Crippen LogP contribution in [0.4, 0.5) is 0 Å². The number of pyridine rings is 1. The zero-order chi connectivity index (χ0) is 21.9. The Kier molecular flexibility index (Phi) is 3.76. The van der Waals surface area contributed by atoms with Crippen molar-refractivity contribution < 1.29 is 0 Å². The van der Waals surface area contributed by atoms with Gasteiger partial charge in [-0.2, -0.15) is 0 Å². The van der Waals surface area contributed by atoms with E-state index in [1.54, 1.807) is 0 Å². The second-order valence-electron chi connectivity index (χ2n) is 8.60. The van der Waals surface area contributed by atoms with Crippen LogP contribution in [0.15, 0.2) is 109 Å². The van der Waals surface area contributed by atoms with Crippen LogP contribution < -0.4 is 0 Å². The Hall–Kier alpha value is -4.37. The average Bonchev–Trinajstić information content (AvgIpc) is 3.36. The molecule has 3 heteroatoms. The Balaban J connectivity index is 1.68. The summed E-state index contributed by atoms with van der Waals surface area (Å²) in [5, 5.41) is 3.55. The van der Waals surface area contributed by atoms with Crippen molar-refractivity contribution >= 4 is 43.9 Å². The highest BCUT2D eigenvalue weighted by atomic mass is 15.1. The normalized spacial score (nSPS) is 11.8. The number of para-hydroxylation sites is 3. The number of hydrogen-bond donors (Lipinski definition) is 0. The Bertz CT molecular complexity index is 1800. The van der Waals surface area contributed by atoms with Crippen molar-refractivity contribution in [2.75, 3.05) is 0 Å². The molecule has 0 fully saturated rings. The van der Waals surface area contributed by atoms with Gasteiger partial charge in [-0.05, 0) is 49.4 Å². The van der Waals surface area contributed by atoms with Gasteiger partial charge in [0, 0.05) is 27.5 Å². The van der Waals surface area contributed by atoms with Crippen molar-refractivity contribution in [3.8, 4) is 11.4 Å². The summed E-state index contributed by atoms with van der Waals surface area (Å²) in [4.78, 5) is 5.33. The Morgan fingerprint density at radius 3 is 1.88 bits per heavy atom. The van der Waals surface area contributed by atoms with Crippen molar-refractivity contribution in [3.63, 3.8) is 0 Å². The van der Waals surface area contributed by atoms with Crippen LogP contribution in [0.3, 0.4) is 0 Å². The molecule has 0 unspecified atom stereocenters. The van der Waals surface area contributed by atoms with Crippen LogP contribution in [0, 0.1) is 6.92 Å². The number of aromatic nitrogens is 3. The summed E-state index contributed by atoms with van der Waals surface area (Å²) in [5.41, 5.74) is 9.01. The summed E-state index contributed by atoms with van der Waals surface area (Å²) in [6.45, 7) is 2.12. The number of nitrogens with zero attached hydrogens (tertiary/aromatic N) is 3. The third kappa shape index (κ3) is 2.60. The molecule has 0 saturated carbocycles. The van der Waals surface area contributed by atoms with Crippen LogP contribution in [-0.2, 0) is 0 Å². The Morgan fingerprint density at radius 2 is 1.12 bits per heavy atom. The van der Waals surface area contributed by atoms with E-state index in [-0.39, 0.29) is 0 Å². The first-order chi connectivity index (χ1) is 16.3. The fraction of sp³-hybridized carbons (Fsp3) is 0.0333. The van der Waals surface area contributed by atoms with E-state index in [4.69, 9.17) is 4.98 Å². The molecule has 3 aromatic heterocycles. The molecule has 3 heterocycles. The Morgan fingerprint density at radius 1 is 0.515 bits per heavy atom. The van der Waals surface area contributed by atoms with Gasteiger partial charge in [-0.3, -0.25) is 4.57 Å². The maximum absolute atomic E-state index is 5.33. The van der Waals surface area contributed by atoms with E-state index in [0.717, 1.165) is 28.1 Å². The fourth-order valence-electron chi connectivity index (χ4n) is 5.05. The summed E-state index contributed by atoms with van der Waals surface area (Å²) in [6, 6.07) is 38.7. The van der Waals surface area contributed by atoms with Crippen LogP contribution in [-0.4, -0.2) is 14.1 Å². The Labute approximate surface area is 191 Å². The topological polar surface area (TPSA) is 22.8 Å². The maximum Gasteiger partial charge on any atom is 0.146 e. The molecule has 156 valence electrons. The highest BCUT2D eigenvalue weighted by Gasteiger charge is 2.19. The zero-order valence-corrected chi connectivity index (χ0v) is 18.2. The lowest BCUT2D eigenvalue weighted by Crippen LogP contribution is -1.96. The van der Waals surface area contributed by atoms with Crippen LogP contribution in [0.1, 0.15) is 5.56 Å². The molecule has 0 saturated heterocycles. The standard InChI is InChI=1S/C30H21N3/c1-20-15-17-22(18-16-20)33-26-13-7-5-11-23(26)25-19-28-29(31-30(25)33)24-12-6-8-14-27(24)32(28)21-9-3-2-4-10-21/h2-19H,1H3. The minimum atomic E-state index is 0.989. The second-order valence-corrected chi connectivity index (χ2v) is 8.60. The monoisotopic (exact) mass is 423 g/mol. The van der Waals surface area contributed by atoms with E-state index in [9.17, 15) is 0 Å². The number of benzene rings is 4. The lowest BCUT2D eigenvalue weighted by molar-refractivity contribution is 1.14. The molecular formula is C30H21N3. The maximum atomic E-state index is 5.33. The molecule has 0 aliphatic rings. The summed E-state index contributed by atoms with van der Waals surface area (Å²) < 4.78 is 4.62. The second kappa shape index (κ2) is 6.81. The highest BCUT2D eigenvalue weighted by molar-refractivity contribution is 6.15. The van der Waals surface area contributed by atoms with Gasteiger partial charge in [0.1, 0.15) is 5.65 Å². The van der Waals surface area contributed by atoms with Gasteiger partial charge in [-0.1, -0.05) is 72.3 Å². The molecule has 4 aromatic carbocycles. The van der Waals surface area contributed by atoms with Crippen molar-refractivity contribution in [1.29, 1.82) is 0 Å². The smallest absolute Gasteiger partial charge is 0.146 e. The van der Waals surface area contributed by atoms with E-state index in [2.05, 4.69) is 125 Å². The molecule has 7 rings (SSSR count). The predicted octanol–water partition coefficient (Wildman–Crippen LogP) is 7.58. The van der Waals surface area contributed by atoms with Crippen LogP contribution in [0.2, 0.25) is 0 Å². The first-order valence-electron chi connectivity index (χ1n) is 11.3. The SMILES string of the molecule is Cc1ccc(-n2c3ccccc3c3cc4c(nc32)c2ccccc2n4-c2ccccc2)cc1. The van der Waals surface area contributed by atoms with E-state index in [0.29, 0.717) is 0 Å². The number of fused-ring (bicyclic) bond motifs is 6. The molecule has 0 aliphatic carbocycles. The van der Waals surface area contributed by atoms with Gasteiger partial charge in [0.2, 0.25) is 0 Å². The molecule has 0 amide bonds. The molecule has 0 bridgehead atoms. The number of rotatable bonds is 2. The van der Waals surface area contributed by atoms with Gasteiger partial charge < -0.3 is 4.57 Å². The average molecular weight is 424 g/mol. The van der Waals surface area contributed by atoms with E-state index < -0.39 is 0 Å². The molecule has 0 aliphatic heterocycles. The fourth-order valence-corrected chi connectivity index (χ4v) is 5.05. The largest absolute Gasteiger partial charge is 0.308 e. The summed E-state index contributed by atoms with van der Waals surface area (Å²) in [5.74, 6) is 0. The van der Waals surface area contributed by atoms with Gasteiger partial charge in [0.05, 0.1) is 22.1 Å².